The number of hydrogen-bond acceptors (Lipinski definition) is 8. The molecule has 0 saturated carbocycles. The Kier molecular flexibility index (Phi) is 11.4. The second kappa shape index (κ2) is 14.5. The SMILES string of the molecule is CCOC(=O)C(c1ccccc1)N1C(=O)/C(=C\c2cc(Br)c(OCC(=O)N(CC)CC)c(OCC)c2)SC1=S. The molecule has 2 aromatic rings. The minimum absolute atomic E-state index is 0.128. The monoisotopic (exact) mass is 634 g/mol. The maximum Gasteiger partial charge on any atom is 0.333 e. The van der Waals surface area contributed by atoms with Crippen LogP contribution in [0.1, 0.15) is 44.9 Å². The van der Waals surface area contributed by atoms with Crippen molar-refractivity contribution in [1.82, 2.24) is 9.80 Å². The van der Waals surface area contributed by atoms with E-state index in [1.165, 1.54) is 4.90 Å². The fourth-order valence-electron chi connectivity index (χ4n) is 3.98. The van der Waals surface area contributed by atoms with Crippen LogP contribution < -0.4 is 9.47 Å². The molecular weight excluding hydrogens is 604 g/mol. The van der Waals surface area contributed by atoms with Crippen molar-refractivity contribution in [3.63, 3.8) is 0 Å². The number of amides is 2. The zero-order chi connectivity index (χ0) is 28.5. The standard InChI is InChI=1S/C28H31BrN2O6S2/c1-5-30(6-2)23(32)17-37-25-20(29)14-18(15-21(25)35-7-3)16-22-26(33)31(28(38)39-22)24(27(34)36-8-4)19-12-10-9-11-13-19/h9-16,24H,5-8,17H2,1-4H3/b22-16+. The van der Waals surface area contributed by atoms with Gasteiger partial charge in [0.25, 0.3) is 11.8 Å². The van der Waals surface area contributed by atoms with Crippen LogP contribution in [0.3, 0.4) is 0 Å². The number of esters is 1. The first-order chi connectivity index (χ1) is 18.7. The van der Waals surface area contributed by atoms with Gasteiger partial charge < -0.3 is 19.1 Å². The van der Waals surface area contributed by atoms with E-state index in [0.29, 0.717) is 51.7 Å². The summed E-state index contributed by atoms with van der Waals surface area (Å²) < 4.78 is 17.7. The number of hydrogen-bond donors (Lipinski definition) is 0. The highest BCUT2D eigenvalue weighted by Crippen LogP contribution is 2.41. The first-order valence-electron chi connectivity index (χ1n) is 12.6. The summed E-state index contributed by atoms with van der Waals surface area (Å²) in [7, 11) is 0. The van der Waals surface area contributed by atoms with Gasteiger partial charge in [0.05, 0.1) is 22.6 Å². The van der Waals surface area contributed by atoms with E-state index in [4.69, 9.17) is 26.4 Å². The van der Waals surface area contributed by atoms with Crippen molar-refractivity contribution < 1.29 is 28.6 Å². The maximum atomic E-state index is 13.5. The van der Waals surface area contributed by atoms with Crippen molar-refractivity contribution in [2.75, 3.05) is 32.9 Å². The molecule has 0 N–H and O–H groups in total. The summed E-state index contributed by atoms with van der Waals surface area (Å²) >= 11 is 10.2. The number of thiocarbonyl (C=S) groups is 1. The summed E-state index contributed by atoms with van der Waals surface area (Å²) in [6.45, 7) is 8.98. The normalized spacial score (nSPS) is 14.9. The molecule has 39 heavy (non-hydrogen) atoms. The molecule has 8 nitrogen and oxygen atoms in total. The highest BCUT2D eigenvalue weighted by atomic mass is 79.9. The molecule has 1 heterocycles. The van der Waals surface area contributed by atoms with E-state index in [1.807, 2.05) is 26.8 Å². The lowest BCUT2D eigenvalue weighted by Crippen LogP contribution is -2.38. The van der Waals surface area contributed by atoms with Gasteiger partial charge in [-0.05, 0) is 73.0 Å². The summed E-state index contributed by atoms with van der Waals surface area (Å²) in [6, 6.07) is 11.5. The van der Waals surface area contributed by atoms with Crippen molar-refractivity contribution in [1.29, 1.82) is 0 Å². The van der Waals surface area contributed by atoms with Gasteiger partial charge in [-0.1, -0.05) is 54.3 Å². The van der Waals surface area contributed by atoms with Crippen LogP contribution in [0, 0.1) is 0 Å². The van der Waals surface area contributed by atoms with E-state index in [1.54, 1.807) is 54.3 Å². The van der Waals surface area contributed by atoms with Crippen LogP contribution in [0.4, 0.5) is 0 Å². The summed E-state index contributed by atoms with van der Waals surface area (Å²) in [5, 5.41) is 0. The Balaban J connectivity index is 1.91. The molecule has 0 aliphatic carbocycles. The third kappa shape index (κ3) is 7.40. The Morgan fingerprint density at radius 3 is 2.38 bits per heavy atom. The van der Waals surface area contributed by atoms with Gasteiger partial charge in [0.2, 0.25) is 0 Å². The number of rotatable bonds is 12. The topological polar surface area (TPSA) is 85.4 Å². The van der Waals surface area contributed by atoms with Crippen molar-refractivity contribution in [3.05, 3.63) is 63.0 Å². The predicted molar refractivity (Wildman–Crippen MR) is 160 cm³/mol. The third-order valence-electron chi connectivity index (χ3n) is 5.79. The van der Waals surface area contributed by atoms with Crippen LogP contribution in [0.2, 0.25) is 0 Å². The van der Waals surface area contributed by atoms with Crippen LogP contribution in [0.25, 0.3) is 6.08 Å². The van der Waals surface area contributed by atoms with Crippen LogP contribution in [0.15, 0.2) is 51.8 Å². The minimum atomic E-state index is -0.991. The van der Waals surface area contributed by atoms with E-state index < -0.39 is 17.9 Å². The summed E-state index contributed by atoms with van der Waals surface area (Å²) in [5.41, 5.74) is 1.26. The first-order valence-corrected chi connectivity index (χ1v) is 14.6. The Hall–Kier alpha value is -2.89. The van der Waals surface area contributed by atoms with E-state index in [0.717, 1.165) is 11.8 Å². The number of carbonyl (C=O) groups excluding carboxylic acids is 3. The molecule has 1 aliphatic heterocycles. The molecule has 11 heteroatoms. The van der Waals surface area contributed by atoms with Gasteiger partial charge in [0, 0.05) is 13.1 Å². The number of carbonyl (C=O) groups is 3. The summed E-state index contributed by atoms with van der Waals surface area (Å²) in [4.78, 5) is 42.2. The summed E-state index contributed by atoms with van der Waals surface area (Å²) in [5.74, 6) is -0.255. The highest BCUT2D eigenvalue weighted by Gasteiger charge is 2.42. The number of nitrogens with zero attached hydrogens (tertiary/aromatic N) is 2. The van der Waals surface area contributed by atoms with Gasteiger partial charge in [-0.2, -0.15) is 0 Å². The van der Waals surface area contributed by atoms with E-state index >= 15 is 0 Å². The molecule has 208 valence electrons. The van der Waals surface area contributed by atoms with Crippen molar-refractivity contribution in [3.8, 4) is 11.5 Å². The molecule has 0 aromatic heterocycles. The molecule has 0 bridgehead atoms. The molecule has 3 rings (SSSR count). The van der Waals surface area contributed by atoms with Crippen LogP contribution in [-0.4, -0.2) is 64.8 Å². The lowest BCUT2D eigenvalue weighted by molar-refractivity contribution is -0.151. The van der Waals surface area contributed by atoms with Crippen molar-refractivity contribution in [2.45, 2.75) is 33.7 Å². The zero-order valence-electron chi connectivity index (χ0n) is 22.3. The quantitative estimate of drug-likeness (QED) is 0.169. The molecule has 2 amide bonds. The molecule has 1 aliphatic rings. The summed E-state index contributed by atoms with van der Waals surface area (Å²) in [6.07, 6.45) is 1.69. The molecule has 1 saturated heterocycles. The highest BCUT2D eigenvalue weighted by molar-refractivity contribution is 9.10. The molecule has 1 unspecified atom stereocenters. The fraction of sp³-hybridized carbons (Fsp3) is 0.357. The number of likely N-dealkylation sites (N-methyl/N-ethyl adjacent to an activating group) is 1. The van der Waals surface area contributed by atoms with Crippen LogP contribution in [0.5, 0.6) is 11.5 Å². The average molecular weight is 636 g/mol. The molecule has 0 radical (unpaired) electrons. The van der Waals surface area contributed by atoms with Gasteiger partial charge in [0.15, 0.2) is 24.1 Å². The van der Waals surface area contributed by atoms with Crippen molar-refractivity contribution >= 4 is 68.1 Å². The van der Waals surface area contributed by atoms with E-state index in [2.05, 4.69) is 15.9 Å². The zero-order valence-corrected chi connectivity index (χ0v) is 25.5. The Morgan fingerprint density at radius 2 is 1.77 bits per heavy atom. The Morgan fingerprint density at radius 1 is 1.08 bits per heavy atom. The molecule has 1 atom stereocenters. The van der Waals surface area contributed by atoms with Gasteiger partial charge >= 0.3 is 5.97 Å². The van der Waals surface area contributed by atoms with Gasteiger partial charge in [-0.3, -0.25) is 14.5 Å². The van der Waals surface area contributed by atoms with Gasteiger partial charge in [-0.25, -0.2) is 4.79 Å². The molecular formula is C28H31BrN2O6S2. The molecule has 1 fully saturated rings. The Bertz CT molecular complexity index is 1250. The van der Waals surface area contributed by atoms with Crippen LogP contribution >= 0.6 is 39.9 Å². The van der Waals surface area contributed by atoms with E-state index in [-0.39, 0.29) is 23.4 Å². The van der Waals surface area contributed by atoms with Gasteiger partial charge in [0.1, 0.15) is 4.32 Å². The smallest absolute Gasteiger partial charge is 0.333 e. The third-order valence-corrected chi connectivity index (χ3v) is 7.71. The largest absolute Gasteiger partial charge is 0.490 e. The average Bonchev–Trinajstić information content (AvgIpc) is 3.18. The van der Waals surface area contributed by atoms with E-state index in [9.17, 15) is 14.4 Å². The predicted octanol–water partition coefficient (Wildman–Crippen LogP) is 5.60. The van der Waals surface area contributed by atoms with Crippen molar-refractivity contribution in [2.24, 2.45) is 0 Å². The minimum Gasteiger partial charge on any atom is -0.490 e. The first kappa shape index (κ1) is 30.6. The Labute approximate surface area is 246 Å². The number of benzene rings is 2. The number of ether oxygens (including phenoxy) is 3. The maximum absolute atomic E-state index is 13.5. The van der Waals surface area contributed by atoms with Gasteiger partial charge in [-0.15, -0.1) is 0 Å². The van der Waals surface area contributed by atoms with Crippen LogP contribution in [-0.2, 0) is 19.1 Å². The lowest BCUT2D eigenvalue weighted by atomic mass is 10.1. The lowest BCUT2D eigenvalue weighted by Gasteiger charge is -2.25. The second-order valence-electron chi connectivity index (χ2n) is 8.23. The molecule has 0 spiro atoms. The second-order valence-corrected chi connectivity index (χ2v) is 10.8. The number of thioether (sulfide) groups is 1. The number of halogens is 1. The molecule has 2 aromatic carbocycles. The fourth-order valence-corrected chi connectivity index (χ4v) is 5.86.